The first kappa shape index (κ1) is 13.6. The van der Waals surface area contributed by atoms with Crippen LogP contribution in [0.4, 0.5) is 14.5 Å². The Kier molecular flexibility index (Phi) is 3.59. The molecule has 0 atom stereocenters. The summed E-state index contributed by atoms with van der Waals surface area (Å²) in [5.41, 5.74) is -1.22. The van der Waals surface area contributed by atoms with Gasteiger partial charge >= 0.3 is 5.97 Å². The molecule has 1 aliphatic rings. The summed E-state index contributed by atoms with van der Waals surface area (Å²) in [6.07, 6.45) is -3.07. The predicted molar refractivity (Wildman–Crippen MR) is 65.6 cm³/mol. The van der Waals surface area contributed by atoms with Gasteiger partial charge in [0.15, 0.2) is 0 Å². The summed E-state index contributed by atoms with van der Waals surface area (Å²) in [6.45, 7) is 0.472. The number of halogens is 2. The van der Waals surface area contributed by atoms with Crippen molar-refractivity contribution >= 4 is 11.7 Å². The van der Waals surface area contributed by atoms with Crippen LogP contribution in [-0.2, 0) is 4.79 Å². The van der Waals surface area contributed by atoms with E-state index >= 15 is 0 Å². The van der Waals surface area contributed by atoms with Crippen molar-refractivity contribution in [2.75, 3.05) is 18.0 Å². The lowest BCUT2D eigenvalue weighted by molar-refractivity contribution is -0.161. The van der Waals surface area contributed by atoms with Gasteiger partial charge in [-0.25, -0.2) is 8.78 Å². The summed E-state index contributed by atoms with van der Waals surface area (Å²) in [5, 5.41) is 18.4. The van der Waals surface area contributed by atoms with Gasteiger partial charge in [-0.15, -0.1) is 0 Å². The lowest BCUT2D eigenvalue weighted by Crippen LogP contribution is -2.48. The van der Waals surface area contributed by atoms with Crippen molar-refractivity contribution in [2.45, 2.75) is 19.3 Å². The van der Waals surface area contributed by atoms with Gasteiger partial charge in [0.2, 0.25) is 0 Å². The lowest BCUT2D eigenvalue weighted by atomic mass is 9.78. The maximum absolute atomic E-state index is 13.0. The zero-order valence-corrected chi connectivity index (χ0v) is 10.2. The molecular formula is C13H15F2NO3. The van der Waals surface area contributed by atoms with Crippen LogP contribution in [0.2, 0.25) is 0 Å². The monoisotopic (exact) mass is 271 g/mol. The molecule has 0 saturated carbocycles. The van der Waals surface area contributed by atoms with Gasteiger partial charge < -0.3 is 15.1 Å². The van der Waals surface area contributed by atoms with Crippen LogP contribution in [0.15, 0.2) is 24.3 Å². The van der Waals surface area contributed by atoms with Crippen LogP contribution in [0.5, 0.6) is 5.75 Å². The number of benzene rings is 1. The Morgan fingerprint density at radius 2 is 1.95 bits per heavy atom. The van der Waals surface area contributed by atoms with E-state index in [9.17, 15) is 18.7 Å². The smallest absolute Gasteiger partial charge is 0.315 e. The minimum absolute atomic E-state index is 0.0985. The fourth-order valence-electron chi connectivity index (χ4n) is 2.38. The normalized spacial score (nSPS) is 18.6. The second-order valence-corrected chi connectivity index (χ2v) is 4.77. The van der Waals surface area contributed by atoms with Gasteiger partial charge in [-0.05, 0) is 25.0 Å². The highest BCUT2D eigenvalue weighted by molar-refractivity contribution is 5.75. The Balaban J connectivity index is 2.12. The van der Waals surface area contributed by atoms with Crippen molar-refractivity contribution in [2.24, 2.45) is 5.41 Å². The third-order valence-electron chi connectivity index (χ3n) is 3.69. The van der Waals surface area contributed by atoms with E-state index in [2.05, 4.69) is 0 Å². The molecule has 2 N–H and O–H groups in total. The molecule has 0 bridgehead atoms. The van der Waals surface area contributed by atoms with E-state index < -0.39 is 17.8 Å². The number of nitrogens with zero attached hydrogens (tertiary/aromatic N) is 1. The Morgan fingerprint density at radius 1 is 1.32 bits per heavy atom. The molecule has 1 saturated heterocycles. The molecule has 1 aromatic rings. The number of phenolic OH excluding ortho intramolecular Hbond substituents is 1. The van der Waals surface area contributed by atoms with Crippen molar-refractivity contribution in [1.29, 1.82) is 0 Å². The fourth-order valence-corrected chi connectivity index (χ4v) is 2.38. The van der Waals surface area contributed by atoms with Crippen LogP contribution in [0.3, 0.4) is 0 Å². The largest absolute Gasteiger partial charge is 0.508 e. The SMILES string of the molecule is O=C(O)C1(C(F)F)CCN(c2cccc(O)c2)CC1. The molecule has 1 aromatic carbocycles. The third kappa shape index (κ3) is 2.47. The molecule has 4 nitrogen and oxygen atoms in total. The van der Waals surface area contributed by atoms with E-state index in [1.54, 1.807) is 12.1 Å². The van der Waals surface area contributed by atoms with Gasteiger partial charge in [-0.2, -0.15) is 0 Å². The van der Waals surface area contributed by atoms with Crippen LogP contribution in [0.25, 0.3) is 0 Å². The minimum atomic E-state index is -2.86. The van der Waals surface area contributed by atoms with Gasteiger partial charge in [0.05, 0.1) is 0 Å². The number of phenols is 1. The molecule has 1 fully saturated rings. The molecule has 0 radical (unpaired) electrons. The van der Waals surface area contributed by atoms with E-state index in [1.807, 2.05) is 4.90 Å². The number of hydrogen-bond acceptors (Lipinski definition) is 3. The molecule has 19 heavy (non-hydrogen) atoms. The molecule has 104 valence electrons. The zero-order valence-electron chi connectivity index (χ0n) is 10.2. The molecule has 0 aromatic heterocycles. The first-order valence-corrected chi connectivity index (χ1v) is 6.01. The molecule has 6 heteroatoms. The van der Waals surface area contributed by atoms with Crippen molar-refractivity contribution in [3.05, 3.63) is 24.3 Å². The van der Waals surface area contributed by atoms with Crippen LogP contribution in [0, 0.1) is 5.41 Å². The molecule has 0 spiro atoms. The zero-order chi connectivity index (χ0) is 14.0. The summed E-state index contributed by atoms with van der Waals surface area (Å²) in [5.74, 6) is -1.33. The van der Waals surface area contributed by atoms with Crippen molar-refractivity contribution in [1.82, 2.24) is 0 Å². The van der Waals surface area contributed by atoms with E-state index in [-0.39, 0.29) is 31.7 Å². The van der Waals surface area contributed by atoms with E-state index in [0.29, 0.717) is 5.69 Å². The standard InChI is InChI=1S/C13H15F2NO3/c14-11(15)13(12(18)19)4-6-16(7-5-13)9-2-1-3-10(17)8-9/h1-3,8,11,17H,4-7H2,(H,18,19). The Morgan fingerprint density at radius 3 is 2.42 bits per heavy atom. The van der Waals surface area contributed by atoms with Gasteiger partial charge in [0, 0.05) is 24.8 Å². The average Bonchev–Trinajstić information content (AvgIpc) is 2.38. The molecule has 2 rings (SSSR count). The van der Waals surface area contributed by atoms with E-state index in [1.165, 1.54) is 12.1 Å². The topological polar surface area (TPSA) is 60.8 Å². The van der Waals surface area contributed by atoms with Gasteiger partial charge in [-0.3, -0.25) is 4.79 Å². The second-order valence-electron chi connectivity index (χ2n) is 4.77. The van der Waals surface area contributed by atoms with Crippen LogP contribution < -0.4 is 4.90 Å². The number of rotatable bonds is 3. The quantitative estimate of drug-likeness (QED) is 0.885. The number of carboxylic acids is 1. The average molecular weight is 271 g/mol. The number of carbonyl (C=O) groups is 1. The Labute approximate surface area is 109 Å². The van der Waals surface area contributed by atoms with Crippen LogP contribution in [-0.4, -0.2) is 35.7 Å². The summed E-state index contributed by atoms with van der Waals surface area (Å²) in [4.78, 5) is 12.9. The number of aromatic hydroxyl groups is 1. The second kappa shape index (κ2) is 5.03. The highest BCUT2D eigenvalue weighted by Crippen LogP contribution is 2.39. The van der Waals surface area contributed by atoms with Crippen molar-refractivity contribution in [3.8, 4) is 5.75 Å². The Bertz CT molecular complexity index is 471. The van der Waals surface area contributed by atoms with Crippen LogP contribution >= 0.6 is 0 Å². The summed E-state index contributed by atoms with van der Waals surface area (Å²) in [7, 11) is 0. The summed E-state index contributed by atoms with van der Waals surface area (Å²) < 4.78 is 26.0. The Hall–Kier alpha value is -1.85. The number of anilines is 1. The molecular weight excluding hydrogens is 256 g/mol. The lowest BCUT2D eigenvalue weighted by Gasteiger charge is -2.39. The number of aliphatic carboxylic acids is 1. The first-order valence-electron chi connectivity index (χ1n) is 6.01. The molecule has 1 aliphatic heterocycles. The van der Waals surface area contributed by atoms with Crippen LogP contribution in [0.1, 0.15) is 12.8 Å². The van der Waals surface area contributed by atoms with Crippen molar-refractivity contribution in [3.63, 3.8) is 0 Å². The molecule has 0 unspecified atom stereocenters. The maximum Gasteiger partial charge on any atom is 0.315 e. The number of piperidine rings is 1. The minimum Gasteiger partial charge on any atom is -0.508 e. The molecule has 0 amide bonds. The number of alkyl halides is 2. The van der Waals surface area contributed by atoms with Crippen molar-refractivity contribution < 1.29 is 23.8 Å². The van der Waals surface area contributed by atoms with Gasteiger partial charge in [0.25, 0.3) is 6.43 Å². The number of carboxylic acid groups (broad SMARTS) is 1. The van der Waals surface area contributed by atoms with Gasteiger partial charge in [-0.1, -0.05) is 6.07 Å². The van der Waals surface area contributed by atoms with Gasteiger partial charge in [0.1, 0.15) is 11.2 Å². The summed E-state index contributed by atoms with van der Waals surface area (Å²) in [6, 6.07) is 6.48. The molecule has 1 heterocycles. The molecule has 0 aliphatic carbocycles. The summed E-state index contributed by atoms with van der Waals surface area (Å²) >= 11 is 0. The number of hydrogen-bond donors (Lipinski definition) is 2. The predicted octanol–water partition coefficient (Wildman–Crippen LogP) is 2.33. The highest BCUT2D eigenvalue weighted by Gasteiger charge is 2.49. The third-order valence-corrected chi connectivity index (χ3v) is 3.69. The highest BCUT2D eigenvalue weighted by atomic mass is 19.3. The first-order chi connectivity index (χ1) is 8.95. The van der Waals surface area contributed by atoms with E-state index in [0.717, 1.165) is 0 Å². The fraction of sp³-hybridized carbons (Fsp3) is 0.462. The van der Waals surface area contributed by atoms with E-state index in [4.69, 9.17) is 5.11 Å². The maximum atomic E-state index is 13.0.